The SMILES string of the molecule is COCn1nc(C(F)(F)F)cc1CO. The Morgan fingerprint density at radius 3 is 2.64 bits per heavy atom. The monoisotopic (exact) mass is 210 g/mol. The van der Waals surface area contributed by atoms with E-state index in [4.69, 9.17) is 5.11 Å². The molecule has 0 spiro atoms. The molecule has 1 aromatic heterocycles. The van der Waals surface area contributed by atoms with Gasteiger partial charge in [-0.1, -0.05) is 0 Å². The van der Waals surface area contributed by atoms with Gasteiger partial charge in [-0.15, -0.1) is 0 Å². The van der Waals surface area contributed by atoms with Gasteiger partial charge in [-0.25, -0.2) is 4.68 Å². The van der Waals surface area contributed by atoms with E-state index in [-0.39, 0.29) is 12.4 Å². The van der Waals surface area contributed by atoms with E-state index in [0.717, 1.165) is 10.7 Å². The molecule has 4 nitrogen and oxygen atoms in total. The average molecular weight is 210 g/mol. The van der Waals surface area contributed by atoms with Crippen molar-refractivity contribution in [2.45, 2.75) is 19.5 Å². The smallest absolute Gasteiger partial charge is 0.390 e. The maximum absolute atomic E-state index is 12.2. The summed E-state index contributed by atoms with van der Waals surface area (Å²) in [5.74, 6) is 0. The third kappa shape index (κ3) is 2.24. The zero-order valence-electron chi connectivity index (χ0n) is 7.38. The first-order valence-corrected chi connectivity index (χ1v) is 3.72. The quantitative estimate of drug-likeness (QED) is 0.809. The standard InChI is InChI=1S/C7H9F3N2O2/c1-14-4-12-5(3-13)2-6(11-12)7(8,9)10/h2,13H,3-4H2,1H3. The third-order valence-corrected chi connectivity index (χ3v) is 1.57. The van der Waals surface area contributed by atoms with Crippen molar-refractivity contribution < 1.29 is 23.0 Å². The Morgan fingerprint density at radius 2 is 2.21 bits per heavy atom. The Kier molecular flexibility index (Phi) is 3.12. The lowest BCUT2D eigenvalue weighted by molar-refractivity contribution is -0.141. The second-order valence-electron chi connectivity index (χ2n) is 2.59. The van der Waals surface area contributed by atoms with Crippen LogP contribution in [-0.4, -0.2) is 22.0 Å². The molecular formula is C7H9F3N2O2. The molecule has 0 saturated carbocycles. The summed E-state index contributed by atoms with van der Waals surface area (Å²) in [5.41, 5.74) is -0.960. The lowest BCUT2D eigenvalue weighted by Gasteiger charge is -2.02. The Balaban J connectivity index is 3.00. The first-order chi connectivity index (χ1) is 6.49. The highest BCUT2D eigenvalue weighted by Crippen LogP contribution is 2.28. The van der Waals surface area contributed by atoms with E-state index >= 15 is 0 Å². The second kappa shape index (κ2) is 3.97. The number of aliphatic hydroxyl groups is 1. The fourth-order valence-electron chi connectivity index (χ4n) is 0.955. The first kappa shape index (κ1) is 11.0. The molecule has 0 atom stereocenters. The van der Waals surface area contributed by atoms with Crippen LogP contribution in [0.25, 0.3) is 0 Å². The summed E-state index contributed by atoms with van der Waals surface area (Å²) in [7, 11) is 1.33. The minimum absolute atomic E-state index is 0.0687. The van der Waals surface area contributed by atoms with Crippen molar-refractivity contribution in [2.24, 2.45) is 0 Å². The predicted octanol–water partition coefficient (Wildman–Crippen LogP) is 0.998. The molecule has 0 amide bonds. The van der Waals surface area contributed by atoms with Gasteiger partial charge >= 0.3 is 6.18 Å². The Labute approximate surface area is 77.9 Å². The van der Waals surface area contributed by atoms with Gasteiger partial charge in [0.05, 0.1) is 12.3 Å². The number of hydrogen-bond donors (Lipinski definition) is 1. The second-order valence-corrected chi connectivity index (χ2v) is 2.59. The van der Waals surface area contributed by atoms with Gasteiger partial charge in [-0.3, -0.25) is 0 Å². The summed E-state index contributed by atoms with van der Waals surface area (Å²) in [4.78, 5) is 0. The normalized spacial score (nSPS) is 12.1. The molecule has 0 radical (unpaired) electrons. The zero-order valence-corrected chi connectivity index (χ0v) is 7.38. The average Bonchev–Trinajstić information content (AvgIpc) is 2.47. The van der Waals surface area contributed by atoms with Crippen LogP contribution in [0.5, 0.6) is 0 Å². The van der Waals surface area contributed by atoms with Gasteiger partial charge in [-0.05, 0) is 6.07 Å². The van der Waals surface area contributed by atoms with Crippen molar-refractivity contribution in [2.75, 3.05) is 7.11 Å². The van der Waals surface area contributed by atoms with Gasteiger partial charge in [0.1, 0.15) is 6.73 Å². The lowest BCUT2D eigenvalue weighted by atomic mass is 10.3. The third-order valence-electron chi connectivity index (χ3n) is 1.57. The molecule has 1 rings (SSSR count). The molecular weight excluding hydrogens is 201 g/mol. The molecule has 1 aromatic rings. The highest BCUT2D eigenvalue weighted by Gasteiger charge is 2.34. The molecule has 7 heteroatoms. The zero-order chi connectivity index (χ0) is 10.8. The van der Waals surface area contributed by atoms with Gasteiger partial charge < -0.3 is 9.84 Å². The van der Waals surface area contributed by atoms with Gasteiger partial charge in [0.25, 0.3) is 0 Å². The van der Waals surface area contributed by atoms with Gasteiger partial charge in [-0.2, -0.15) is 18.3 Å². The van der Waals surface area contributed by atoms with Crippen molar-refractivity contribution in [3.63, 3.8) is 0 Å². The van der Waals surface area contributed by atoms with Crippen LogP contribution < -0.4 is 0 Å². The minimum Gasteiger partial charge on any atom is -0.390 e. The summed E-state index contributed by atoms with van der Waals surface area (Å²) in [5, 5.41) is 12.0. The number of aliphatic hydroxyl groups excluding tert-OH is 1. The van der Waals surface area contributed by atoms with E-state index in [1.165, 1.54) is 7.11 Å². The van der Waals surface area contributed by atoms with Crippen LogP contribution in [0.4, 0.5) is 13.2 Å². The number of aromatic nitrogens is 2. The summed E-state index contributed by atoms with van der Waals surface area (Å²) in [6, 6.07) is 0.791. The molecule has 0 aliphatic rings. The number of alkyl halides is 3. The predicted molar refractivity (Wildman–Crippen MR) is 40.2 cm³/mol. The van der Waals surface area contributed by atoms with E-state index in [9.17, 15) is 13.2 Å². The minimum atomic E-state index is -4.50. The van der Waals surface area contributed by atoms with Crippen molar-refractivity contribution in [1.82, 2.24) is 9.78 Å². The van der Waals surface area contributed by atoms with Crippen molar-refractivity contribution in [3.8, 4) is 0 Å². The maximum atomic E-state index is 12.2. The van der Waals surface area contributed by atoms with Crippen LogP contribution in [0, 0.1) is 0 Å². The number of methoxy groups -OCH3 is 1. The largest absolute Gasteiger partial charge is 0.435 e. The molecule has 1 heterocycles. The fourth-order valence-corrected chi connectivity index (χ4v) is 0.955. The van der Waals surface area contributed by atoms with Crippen LogP contribution in [0.2, 0.25) is 0 Å². The number of ether oxygens (including phenoxy) is 1. The van der Waals surface area contributed by atoms with Crippen molar-refractivity contribution in [3.05, 3.63) is 17.5 Å². The summed E-state index contributed by atoms with van der Waals surface area (Å²) >= 11 is 0. The molecule has 14 heavy (non-hydrogen) atoms. The van der Waals surface area contributed by atoms with E-state index in [1.54, 1.807) is 0 Å². The van der Waals surface area contributed by atoms with Crippen LogP contribution in [-0.2, 0) is 24.3 Å². The lowest BCUT2D eigenvalue weighted by Crippen LogP contribution is -2.09. The van der Waals surface area contributed by atoms with Crippen molar-refractivity contribution in [1.29, 1.82) is 0 Å². The Bertz CT molecular complexity index is 308. The number of rotatable bonds is 3. The molecule has 0 bridgehead atoms. The van der Waals surface area contributed by atoms with Crippen molar-refractivity contribution >= 4 is 0 Å². The van der Waals surface area contributed by atoms with Crippen LogP contribution in [0.1, 0.15) is 11.4 Å². The van der Waals surface area contributed by atoms with E-state index in [2.05, 4.69) is 9.84 Å². The first-order valence-electron chi connectivity index (χ1n) is 3.72. The molecule has 1 N–H and O–H groups in total. The van der Waals surface area contributed by atoms with E-state index < -0.39 is 18.5 Å². The molecule has 0 aliphatic heterocycles. The number of halogens is 3. The maximum Gasteiger partial charge on any atom is 0.435 e. The number of hydrogen-bond acceptors (Lipinski definition) is 3. The molecule has 80 valence electrons. The highest BCUT2D eigenvalue weighted by molar-refractivity contribution is 5.12. The highest BCUT2D eigenvalue weighted by atomic mass is 19.4. The topological polar surface area (TPSA) is 47.3 Å². The molecule has 0 aromatic carbocycles. The van der Waals surface area contributed by atoms with Gasteiger partial charge in [0.15, 0.2) is 5.69 Å². The summed E-state index contributed by atoms with van der Waals surface area (Å²) in [6.45, 7) is -0.627. The summed E-state index contributed by atoms with van der Waals surface area (Å²) < 4.78 is 42.1. The molecule has 0 fully saturated rings. The van der Waals surface area contributed by atoms with E-state index in [1.807, 2.05) is 0 Å². The summed E-state index contributed by atoms with van der Waals surface area (Å²) in [6.07, 6.45) is -4.50. The van der Waals surface area contributed by atoms with Crippen LogP contribution in [0.15, 0.2) is 6.07 Å². The Hall–Kier alpha value is -1.08. The number of nitrogens with zero attached hydrogens (tertiary/aromatic N) is 2. The van der Waals surface area contributed by atoms with Gasteiger partial charge in [0, 0.05) is 7.11 Å². The molecule has 0 unspecified atom stereocenters. The Morgan fingerprint density at radius 1 is 1.57 bits per heavy atom. The molecule has 0 aliphatic carbocycles. The van der Waals surface area contributed by atoms with Crippen LogP contribution >= 0.6 is 0 Å². The van der Waals surface area contributed by atoms with Gasteiger partial charge in [0.2, 0.25) is 0 Å². The molecule has 0 saturated heterocycles. The van der Waals surface area contributed by atoms with Crippen LogP contribution in [0.3, 0.4) is 0 Å². The fraction of sp³-hybridized carbons (Fsp3) is 0.571. The van der Waals surface area contributed by atoms with E-state index in [0.29, 0.717) is 0 Å².